The molecular formula is C14H25NO4S. The highest BCUT2D eigenvalue weighted by Gasteiger charge is 2.42. The Morgan fingerprint density at radius 2 is 2.00 bits per heavy atom. The number of nitrogens with zero attached hydrogens (tertiary/aromatic N) is 1. The number of likely N-dealkylation sites (tertiary alicyclic amines) is 1. The van der Waals surface area contributed by atoms with Crippen molar-refractivity contribution >= 4 is 9.84 Å². The lowest BCUT2D eigenvalue weighted by Gasteiger charge is -2.38. The Hall–Kier alpha value is -0.170. The van der Waals surface area contributed by atoms with E-state index in [0.717, 1.165) is 38.5 Å². The summed E-state index contributed by atoms with van der Waals surface area (Å²) < 4.78 is 35.0. The van der Waals surface area contributed by atoms with Gasteiger partial charge in [-0.1, -0.05) is 0 Å². The molecule has 0 amide bonds. The first-order valence-corrected chi connectivity index (χ1v) is 9.48. The molecule has 20 heavy (non-hydrogen) atoms. The zero-order valence-corrected chi connectivity index (χ0v) is 13.0. The van der Waals surface area contributed by atoms with Crippen LogP contribution in [0.3, 0.4) is 0 Å². The Morgan fingerprint density at radius 3 is 2.70 bits per heavy atom. The van der Waals surface area contributed by atoms with E-state index < -0.39 is 9.84 Å². The maximum absolute atomic E-state index is 11.8. The third kappa shape index (κ3) is 3.53. The van der Waals surface area contributed by atoms with Gasteiger partial charge in [-0.15, -0.1) is 0 Å². The average Bonchev–Trinajstić information content (AvgIpc) is 3.20. The minimum Gasteiger partial charge on any atom is -0.379 e. The van der Waals surface area contributed by atoms with Gasteiger partial charge in [0.1, 0.15) is 0 Å². The maximum atomic E-state index is 11.8. The van der Waals surface area contributed by atoms with Gasteiger partial charge in [-0.25, -0.2) is 8.42 Å². The van der Waals surface area contributed by atoms with Gasteiger partial charge in [-0.3, -0.25) is 4.90 Å². The number of methoxy groups -OCH3 is 1. The molecule has 3 fully saturated rings. The van der Waals surface area contributed by atoms with Gasteiger partial charge in [-0.2, -0.15) is 0 Å². The maximum Gasteiger partial charge on any atom is 0.154 e. The molecule has 2 heterocycles. The molecule has 1 aliphatic carbocycles. The minimum absolute atomic E-state index is 0.0114. The van der Waals surface area contributed by atoms with Crippen molar-refractivity contribution < 1.29 is 17.9 Å². The van der Waals surface area contributed by atoms with Gasteiger partial charge in [0.05, 0.1) is 29.8 Å². The highest BCUT2D eigenvalue weighted by Crippen LogP contribution is 2.30. The summed E-state index contributed by atoms with van der Waals surface area (Å²) in [6.45, 7) is 2.70. The van der Waals surface area contributed by atoms with Crippen LogP contribution in [0.2, 0.25) is 0 Å². The molecule has 0 bridgehead atoms. The van der Waals surface area contributed by atoms with E-state index >= 15 is 0 Å². The summed E-state index contributed by atoms with van der Waals surface area (Å²) >= 11 is 0. The second-order valence-corrected chi connectivity index (χ2v) is 8.61. The Balaban J connectivity index is 1.57. The van der Waals surface area contributed by atoms with E-state index in [1.165, 1.54) is 12.8 Å². The van der Waals surface area contributed by atoms with Gasteiger partial charge in [0.15, 0.2) is 9.84 Å². The predicted molar refractivity (Wildman–Crippen MR) is 76.5 cm³/mol. The molecule has 0 N–H and O–H groups in total. The fourth-order valence-electron chi connectivity index (χ4n) is 3.32. The summed E-state index contributed by atoms with van der Waals surface area (Å²) in [7, 11) is -1.33. The number of rotatable bonds is 5. The molecule has 1 unspecified atom stereocenters. The van der Waals surface area contributed by atoms with Crippen LogP contribution in [0, 0.1) is 5.92 Å². The molecule has 0 spiro atoms. The summed E-state index contributed by atoms with van der Waals surface area (Å²) in [6, 6.07) is 0.0114. The Morgan fingerprint density at radius 1 is 1.20 bits per heavy atom. The first-order chi connectivity index (χ1) is 9.57. The minimum atomic E-state index is -2.95. The van der Waals surface area contributed by atoms with E-state index in [1.807, 2.05) is 0 Å². The number of piperidine rings is 1. The van der Waals surface area contributed by atoms with Crippen LogP contribution in [-0.4, -0.2) is 69.9 Å². The molecule has 3 aliphatic rings. The molecule has 5 nitrogen and oxygen atoms in total. The molecule has 0 aromatic rings. The molecule has 6 heteroatoms. The van der Waals surface area contributed by atoms with Gasteiger partial charge in [0.25, 0.3) is 0 Å². The average molecular weight is 303 g/mol. The molecule has 116 valence electrons. The third-order valence-corrected chi connectivity index (χ3v) is 6.40. The predicted octanol–water partition coefficient (Wildman–Crippen LogP) is 0.689. The molecule has 1 saturated carbocycles. The zero-order valence-electron chi connectivity index (χ0n) is 12.2. The van der Waals surface area contributed by atoms with Crippen molar-refractivity contribution in [2.75, 3.05) is 38.3 Å². The van der Waals surface area contributed by atoms with Crippen molar-refractivity contribution in [3.05, 3.63) is 0 Å². The van der Waals surface area contributed by atoms with Crippen LogP contribution in [-0.2, 0) is 19.3 Å². The number of hydrogen-bond acceptors (Lipinski definition) is 5. The Bertz CT molecular complexity index is 434. The number of hydrogen-bond donors (Lipinski definition) is 0. The Kier molecular flexibility index (Phi) is 4.36. The van der Waals surface area contributed by atoms with Crippen molar-refractivity contribution in [2.24, 2.45) is 5.92 Å². The first kappa shape index (κ1) is 14.8. The first-order valence-electron chi connectivity index (χ1n) is 7.66. The second-order valence-electron chi connectivity index (χ2n) is 6.45. The molecule has 0 radical (unpaired) electrons. The van der Waals surface area contributed by atoms with Crippen LogP contribution >= 0.6 is 0 Å². The SMILES string of the molecule is CO[C@@H]1CS(=O)(=O)C[C@@H]1N1CCCC(OCC2CC2)C1. The summed E-state index contributed by atoms with van der Waals surface area (Å²) in [6.07, 6.45) is 4.89. The fraction of sp³-hybridized carbons (Fsp3) is 1.00. The topological polar surface area (TPSA) is 55.8 Å². The molecule has 0 aromatic heterocycles. The van der Waals surface area contributed by atoms with Gasteiger partial charge >= 0.3 is 0 Å². The van der Waals surface area contributed by atoms with Crippen molar-refractivity contribution in [2.45, 2.75) is 43.9 Å². The van der Waals surface area contributed by atoms with Crippen LogP contribution < -0.4 is 0 Å². The molecule has 3 atom stereocenters. The molecule has 0 aromatic carbocycles. The fourth-order valence-corrected chi connectivity index (χ4v) is 5.26. The molecule has 2 saturated heterocycles. The lowest BCUT2D eigenvalue weighted by molar-refractivity contribution is -0.0352. The van der Waals surface area contributed by atoms with E-state index in [0.29, 0.717) is 0 Å². The van der Waals surface area contributed by atoms with Crippen LogP contribution in [0.4, 0.5) is 0 Å². The van der Waals surface area contributed by atoms with Gasteiger partial charge < -0.3 is 9.47 Å². The van der Waals surface area contributed by atoms with Crippen LogP contribution in [0.5, 0.6) is 0 Å². The monoisotopic (exact) mass is 303 g/mol. The van der Waals surface area contributed by atoms with Crippen molar-refractivity contribution in [1.82, 2.24) is 4.90 Å². The number of sulfone groups is 1. The van der Waals surface area contributed by atoms with E-state index in [1.54, 1.807) is 7.11 Å². The van der Waals surface area contributed by atoms with Crippen LogP contribution in [0.25, 0.3) is 0 Å². The van der Waals surface area contributed by atoms with Gasteiger partial charge in [0, 0.05) is 20.3 Å². The summed E-state index contributed by atoms with van der Waals surface area (Å²) in [5.74, 6) is 1.18. The lowest BCUT2D eigenvalue weighted by atomic mass is 10.0. The second kappa shape index (κ2) is 5.91. The highest BCUT2D eigenvalue weighted by molar-refractivity contribution is 7.91. The normalized spacial score (nSPS) is 38.1. The molecule has 3 rings (SSSR count). The van der Waals surface area contributed by atoms with Crippen molar-refractivity contribution in [3.8, 4) is 0 Å². The van der Waals surface area contributed by atoms with Crippen LogP contribution in [0.15, 0.2) is 0 Å². The quantitative estimate of drug-likeness (QED) is 0.748. The molecule has 2 aliphatic heterocycles. The summed E-state index contributed by atoms with van der Waals surface area (Å²) in [5, 5.41) is 0. The lowest BCUT2D eigenvalue weighted by Crippen LogP contribution is -2.50. The van der Waals surface area contributed by atoms with Crippen molar-refractivity contribution in [3.63, 3.8) is 0 Å². The van der Waals surface area contributed by atoms with E-state index in [2.05, 4.69) is 4.90 Å². The smallest absolute Gasteiger partial charge is 0.154 e. The third-order valence-electron chi connectivity index (χ3n) is 4.72. The van der Waals surface area contributed by atoms with E-state index in [9.17, 15) is 8.42 Å². The van der Waals surface area contributed by atoms with E-state index in [-0.39, 0.29) is 29.8 Å². The van der Waals surface area contributed by atoms with Gasteiger partial charge in [0.2, 0.25) is 0 Å². The van der Waals surface area contributed by atoms with Crippen LogP contribution in [0.1, 0.15) is 25.7 Å². The summed E-state index contributed by atoms with van der Waals surface area (Å²) in [5.41, 5.74) is 0. The largest absolute Gasteiger partial charge is 0.379 e. The highest BCUT2D eigenvalue weighted by atomic mass is 32.2. The summed E-state index contributed by atoms with van der Waals surface area (Å²) in [4.78, 5) is 2.28. The van der Waals surface area contributed by atoms with Gasteiger partial charge in [-0.05, 0) is 38.1 Å². The zero-order chi connectivity index (χ0) is 14.2. The Labute approximate surface area is 121 Å². The number of ether oxygens (including phenoxy) is 2. The van der Waals surface area contributed by atoms with Crippen molar-refractivity contribution in [1.29, 1.82) is 0 Å². The molecular weight excluding hydrogens is 278 g/mol. The standard InChI is InChI=1S/C14H25NO4S/c1-18-14-10-20(16,17)9-13(14)15-6-2-3-12(7-15)19-8-11-4-5-11/h11-14H,2-10H2,1H3/t12?,13-,14+/m0/s1. The van der Waals surface area contributed by atoms with E-state index in [4.69, 9.17) is 9.47 Å².